The maximum absolute atomic E-state index is 11.1. The van der Waals surface area contributed by atoms with E-state index in [0.29, 0.717) is 32.6 Å². The molecule has 1 aliphatic carbocycles. The third kappa shape index (κ3) is 3.52. The van der Waals surface area contributed by atoms with Crippen LogP contribution in [0.3, 0.4) is 0 Å². The van der Waals surface area contributed by atoms with Crippen LogP contribution >= 0.6 is 22.9 Å². The van der Waals surface area contributed by atoms with E-state index in [9.17, 15) is 10.1 Å². The molecular weight excluding hydrogens is 334 g/mol. The van der Waals surface area contributed by atoms with Gasteiger partial charge in [0.2, 0.25) is 0 Å². The van der Waals surface area contributed by atoms with E-state index in [1.54, 1.807) is 6.07 Å². The Labute approximate surface area is 142 Å². The second-order valence-corrected chi connectivity index (χ2v) is 7.03. The summed E-state index contributed by atoms with van der Waals surface area (Å²) >= 11 is 7.15. The highest BCUT2D eigenvalue weighted by atomic mass is 35.5. The number of aldehydes is 1. The molecule has 0 aliphatic heterocycles. The van der Waals surface area contributed by atoms with Gasteiger partial charge in [0.25, 0.3) is 0 Å². The Balaban J connectivity index is 1.90. The molecule has 7 heteroatoms. The summed E-state index contributed by atoms with van der Waals surface area (Å²) in [5.41, 5.74) is 0.604. The average Bonchev–Trinajstić information content (AvgIpc) is 2.97. The number of thiophene rings is 1. The molecule has 2 heterocycles. The van der Waals surface area contributed by atoms with Crippen molar-refractivity contribution in [3.8, 4) is 22.5 Å². The van der Waals surface area contributed by atoms with Crippen molar-refractivity contribution in [1.29, 1.82) is 5.26 Å². The van der Waals surface area contributed by atoms with Crippen molar-refractivity contribution >= 4 is 29.2 Å². The molecule has 0 saturated heterocycles. The Hall–Kier alpha value is -1.97. The van der Waals surface area contributed by atoms with Crippen LogP contribution in [0.4, 0.5) is 0 Å². The zero-order valence-electron chi connectivity index (χ0n) is 12.3. The molecule has 0 N–H and O–H groups in total. The fourth-order valence-electron chi connectivity index (χ4n) is 2.65. The third-order valence-corrected chi connectivity index (χ3v) is 5.04. The van der Waals surface area contributed by atoms with Gasteiger partial charge in [-0.2, -0.15) is 5.26 Å². The highest BCUT2D eigenvalue weighted by molar-refractivity contribution is 7.19. The number of carbonyl (C=O) groups excluding carboxylic acids is 1. The van der Waals surface area contributed by atoms with E-state index in [0.717, 1.165) is 25.7 Å². The lowest BCUT2D eigenvalue weighted by Gasteiger charge is -2.23. The molecule has 1 fully saturated rings. The van der Waals surface area contributed by atoms with E-state index < -0.39 is 0 Å². The maximum atomic E-state index is 11.1. The first kappa shape index (κ1) is 15.9. The van der Waals surface area contributed by atoms with Crippen LogP contribution in [-0.4, -0.2) is 22.4 Å². The Morgan fingerprint density at radius 1 is 1.39 bits per heavy atom. The lowest BCUT2D eigenvalue weighted by Crippen LogP contribution is -2.20. The van der Waals surface area contributed by atoms with Crippen LogP contribution in [0.15, 0.2) is 12.3 Å². The van der Waals surface area contributed by atoms with Gasteiger partial charge in [-0.3, -0.25) is 4.79 Å². The van der Waals surface area contributed by atoms with Gasteiger partial charge in [0.05, 0.1) is 21.5 Å². The molecule has 0 spiro atoms. The van der Waals surface area contributed by atoms with Crippen molar-refractivity contribution in [2.75, 3.05) is 0 Å². The summed E-state index contributed by atoms with van der Waals surface area (Å²) < 4.78 is 6.37. The van der Waals surface area contributed by atoms with Crippen molar-refractivity contribution < 1.29 is 9.53 Å². The first-order chi connectivity index (χ1) is 11.2. The number of nitriles is 1. The van der Waals surface area contributed by atoms with Gasteiger partial charge >= 0.3 is 0 Å². The van der Waals surface area contributed by atoms with Gasteiger partial charge < -0.3 is 4.74 Å². The zero-order valence-corrected chi connectivity index (χ0v) is 13.9. The number of halogens is 1. The Bertz CT molecular complexity index is 763. The van der Waals surface area contributed by atoms with Crippen LogP contribution in [-0.2, 0) is 0 Å². The summed E-state index contributed by atoms with van der Waals surface area (Å²) in [5, 5.41) is 9.34. The third-order valence-electron chi connectivity index (χ3n) is 3.77. The Morgan fingerprint density at radius 2 is 2.17 bits per heavy atom. The summed E-state index contributed by atoms with van der Waals surface area (Å²) in [5.74, 6) is 0.718. The summed E-state index contributed by atoms with van der Waals surface area (Å²) in [6.45, 7) is 0. The molecule has 1 saturated carbocycles. The number of hydrogen-bond acceptors (Lipinski definition) is 6. The first-order valence-electron chi connectivity index (χ1n) is 7.40. The first-order valence-corrected chi connectivity index (χ1v) is 8.59. The van der Waals surface area contributed by atoms with Gasteiger partial charge in [0.1, 0.15) is 6.07 Å². The minimum Gasteiger partial charge on any atom is -0.486 e. The van der Waals surface area contributed by atoms with Crippen molar-refractivity contribution in [1.82, 2.24) is 9.97 Å². The van der Waals surface area contributed by atoms with Crippen LogP contribution < -0.4 is 4.74 Å². The highest BCUT2D eigenvalue weighted by Crippen LogP contribution is 2.34. The largest absolute Gasteiger partial charge is 0.486 e. The molecule has 0 aromatic carbocycles. The molecule has 0 radical (unpaired) electrons. The van der Waals surface area contributed by atoms with Crippen LogP contribution in [0.1, 0.15) is 48.2 Å². The molecule has 0 amide bonds. The summed E-state index contributed by atoms with van der Waals surface area (Å²) in [6.07, 6.45) is 7.83. The Kier molecular flexibility index (Phi) is 4.89. The maximum Gasteiger partial charge on any atom is 0.186 e. The van der Waals surface area contributed by atoms with E-state index in [4.69, 9.17) is 16.3 Å². The molecule has 3 rings (SSSR count). The molecular formula is C16H14ClN3O2S. The average molecular weight is 348 g/mol. The molecule has 118 valence electrons. The van der Waals surface area contributed by atoms with Crippen molar-refractivity contribution in [3.05, 3.63) is 27.9 Å². The summed E-state index contributed by atoms with van der Waals surface area (Å²) in [4.78, 5) is 20.2. The van der Waals surface area contributed by atoms with Crippen molar-refractivity contribution in [2.24, 2.45) is 0 Å². The van der Waals surface area contributed by atoms with Crippen molar-refractivity contribution in [3.63, 3.8) is 0 Å². The number of nitrogens with zero attached hydrogens (tertiary/aromatic N) is 3. The number of ether oxygens (including phenoxy) is 1. The van der Waals surface area contributed by atoms with Crippen LogP contribution in [0.2, 0.25) is 4.34 Å². The second-order valence-electron chi connectivity index (χ2n) is 5.35. The van der Waals surface area contributed by atoms with Crippen LogP contribution in [0, 0.1) is 11.3 Å². The lowest BCUT2D eigenvalue weighted by atomic mass is 9.98. The van der Waals surface area contributed by atoms with Gasteiger partial charge in [-0.15, -0.1) is 11.3 Å². The van der Waals surface area contributed by atoms with Gasteiger partial charge in [-0.1, -0.05) is 18.0 Å². The number of carbonyl (C=O) groups is 1. The van der Waals surface area contributed by atoms with Gasteiger partial charge in [-0.05, 0) is 31.7 Å². The number of rotatable bonds is 4. The highest BCUT2D eigenvalue weighted by Gasteiger charge is 2.19. The molecule has 5 nitrogen and oxygen atoms in total. The second kappa shape index (κ2) is 7.07. The van der Waals surface area contributed by atoms with E-state index in [1.807, 2.05) is 6.07 Å². The van der Waals surface area contributed by atoms with Crippen molar-refractivity contribution in [2.45, 2.75) is 38.2 Å². The van der Waals surface area contributed by atoms with Crippen LogP contribution in [0.25, 0.3) is 10.7 Å². The SMILES string of the molecule is N#Cc1nc(-c2sc(Cl)cc2C=O)ncc1OC1CCCCC1. The topological polar surface area (TPSA) is 75.9 Å². The van der Waals surface area contributed by atoms with Gasteiger partial charge in [-0.25, -0.2) is 9.97 Å². The smallest absolute Gasteiger partial charge is 0.186 e. The van der Waals surface area contributed by atoms with Crippen LogP contribution in [0.5, 0.6) is 5.75 Å². The molecule has 0 unspecified atom stereocenters. The molecule has 2 aromatic heterocycles. The lowest BCUT2D eigenvalue weighted by molar-refractivity contribution is 0.112. The van der Waals surface area contributed by atoms with E-state index in [2.05, 4.69) is 9.97 Å². The van der Waals surface area contributed by atoms with E-state index in [-0.39, 0.29) is 11.8 Å². The molecule has 0 bridgehead atoms. The van der Waals surface area contributed by atoms with Gasteiger partial charge in [0, 0.05) is 5.56 Å². The predicted octanol–water partition coefficient (Wildman–Crippen LogP) is 4.25. The number of aromatic nitrogens is 2. The normalized spacial score (nSPS) is 15.1. The number of hydrogen-bond donors (Lipinski definition) is 0. The monoisotopic (exact) mass is 347 g/mol. The molecule has 1 aliphatic rings. The molecule has 23 heavy (non-hydrogen) atoms. The standard InChI is InChI=1S/C16H14ClN3O2S/c17-14-6-10(9-21)15(23-14)16-19-8-13(12(7-18)20-16)22-11-4-2-1-3-5-11/h6,8-9,11H,1-5H2. The predicted molar refractivity (Wildman–Crippen MR) is 88.0 cm³/mol. The van der Waals surface area contributed by atoms with E-state index >= 15 is 0 Å². The molecule has 0 atom stereocenters. The minimum atomic E-state index is 0.118. The fraction of sp³-hybridized carbons (Fsp3) is 0.375. The van der Waals surface area contributed by atoms with E-state index in [1.165, 1.54) is 24.0 Å². The minimum absolute atomic E-state index is 0.118. The summed E-state index contributed by atoms with van der Waals surface area (Å²) in [6, 6.07) is 3.61. The van der Waals surface area contributed by atoms with Gasteiger partial charge in [0.15, 0.2) is 23.6 Å². The quantitative estimate of drug-likeness (QED) is 0.772. The molecule has 2 aromatic rings. The zero-order chi connectivity index (χ0) is 16.2. The fourth-order valence-corrected chi connectivity index (χ4v) is 3.79. The Morgan fingerprint density at radius 3 is 2.87 bits per heavy atom. The summed E-state index contributed by atoms with van der Waals surface area (Å²) in [7, 11) is 0.